The zero-order valence-electron chi connectivity index (χ0n) is 7.37. The van der Waals surface area contributed by atoms with Crippen molar-refractivity contribution in [3.8, 4) is 11.1 Å². The van der Waals surface area contributed by atoms with Crippen LogP contribution in [0.4, 0.5) is 0 Å². The average molecular weight is 192 g/mol. The smallest absolute Gasteiger partial charge is 0.109 e. The highest BCUT2D eigenvalue weighted by Gasteiger charge is 2.01. The minimum atomic E-state index is 0.763. The van der Waals surface area contributed by atoms with E-state index in [0.717, 1.165) is 10.7 Å². The Bertz CT molecular complexity index is 384. The molecule has 0 bridgehead atoms. The van der Waals surface area contributed by atoms with Gasteiger partial charge in [-0.05, 0) is 11.6 Å². The number of halogens is 1. The Morgan fingerprint density at radius 3 is 2.31 bits per heavy atom. The van der Waals surface area contributed by atoms with E-state index >= 15 is 0 Å². The maximum Gasteiger partial charge on any atom is 0.109 e. The van der Waals surface area contributed by atoms with Crippen LogP contribution in [0.2, 0.25) is 5.15 Å². The zero-order chi connectivity index (χ0) is 9.26. The number of hydrogen-bond donors (Lipinski definition) is 0. The van der Waals surface area contributed by atoms with Crippen molar-refractivity contribution in [2.75, 3.05) is 0 Å². The molecule has 0 aliphatic heterocycles. The zero-order valence-corrected chi connectivity index (χ0v) is 8.12. The number of rotatable bonds is 1. The molecular weight excluding hydrogens is 182 g/mol. The molecule has 2 heteroatoms. The average Bonchev–Trinajstić information content (AvgIpc) is 2.49. The molecule has 0 saturated heterocycles. The summed E-state index contributed by atoms with van der Waals surface area (Å²) >= 11 is 5.94. The maximum atomic E-state index is 5.94. The lowest BCUT2D eigenvalue weighted by molar-refractivity contribution is 0.929. The Kier molecular flexibility index (Phi) is 2.11. The van der Waals surface area contributed by atoms with Gasteiger partial charge in [-0.15, -0.1) is 0 Å². The second-order valence-electron chi connectivity index (χ2n) is 3.03. The van der Waals surface area contributed by atoms with E-state index < -0.39 is 0 Å². The van der Waals surface area contributed by atoms with Crippen molar-refractivity contribution >= 4 is 11.6 Å². The predicted molar refractivity (Wildman–Crippen MR) is 55.9 cm³/mol. The lowest BCUT2D eigenvalue weighted by atomic mass is 10.1. The molecule has 0 unspecified atom stereocenters. The van der Waals surface area contributed by atoms with Gasteiger partial charge in [0.05, 0.1) is 0 Å². The maximum absolute atomic E-state index is 5.94. The molecule has 1 nitrogen and oxygen atoms in total. The summed E-state index contributed by atoms with van der Waals surface area (Å²) in [6, 6.07) is 12.2. The van der Waals surface area contributed by atoms with E-state index in [9.17, 15) is 0 Å². The van der Waals surface area contributed by atoms with Crippen LogP contribution in [0.5, 0.6) is 0 Å². The van der Waals surface area contributed by atoms with Gasteiger partial charge in [0.2, 0.25) is 0 Å². The summed E-state index contributed by atoms with van der Waals surface area (Å²) in [5.74, 6) is 0. The van der Waals surface area contributed by atoms with Crippen LogP contribution in [0.3, 0.4) is 0 Å². The molecule has 1 aromatic heterocycles. The van der Waals surface area contributed by atoms with Crippen molar-refractivity contribution in [1.29, 1.82) is 0 Å². The Labute approximate surface area is 82.6 Å². The fourth-order valence-corrected chi connectivity index (χ4v) is 1.49. The molecule has 0 radical (unpaired) electrons. The number of benzene rings is 1. The molecule has 0 fully saturated rings. The van der Waals surface area contributed by atoms with Crippen LogP contribution in [-0.2, 0) is 7.05 Å². The van der Waals surface area contributed by atoms with Crippen molar-refractivity contribution in [2.45, 2.75) is 0 Å². The van der Waals surface area contributed by atoms with Gasteiger partial charge in [0.25, 0.3) is 0 Å². The van der Waals surface area contributed by atoms with E-state index in [1.54, 1.807) is 0 Å². The summed E-state index contributed by atoms with van der Waals surface area (Å²) < 4.78 is 1.91. The second kappa shape index (κ2) is 3.27. The first kappa shape index (κ1) is 8.39. The minimum Gasteiger partial charge on any atom is -0.341 e. The van der Waals surface area contributed by atoms with E-state index in [4.69, 9.17) is 11.6 Å². The minimum absolute atomic E-state index is 0.763. The quantitative estimate of drug-likeness (QED) is 0.652. The molecule has 0 aliphatic carbocycles. The number of nitrogens with zero attached hydrogens (tertiary/aromatic N) is 1. The second-order valence-corrected chi connectivity index (χ2v) is 3.42. The molecule has 2 rings (SSSR count). The largest absolute Gasteiger partial charge is 0.341 e. The highest BCUT2D eigenvalue weighted by Crippen LogP contribution is 2.23. The highest BCUT2D eigenvalue weighted by atomic mass is 35.5. The third-order valence-electron chi connectivity index (χ3n) is 2.05. The van der Waals surface area contributed by atoms with Crippen molar-refractivity contribution < 1.29 is 0 Å². The summed E-state index contributed by atoms with van der Waals surface area (Å²) in [4.78, 5) is 0. The van der Waals surface area contributed by atoms with Gasteiger partial charge in [-0.25, -0.2) is 0 Å². The summed E-state index contributed by atoms with van der Waals surface area (Å²) in [7, 11) is 1.94. The highest BCUT2D eigenvalue weighted by molar-refractivity contribution is 6.30. The molecule has 0 N–H and O–H groups in total. The summed E-state index contributed by atoms with van der Waals surface area (Å²) in [6.07, 6.45) is 2.03. The Morgan fingerprint density at radius 2 is 1.77 bits per heavy atom. The van der Waals surface area contributed by atoms with Crippen LogP contribution >= 0.6 is 11.6 Å². The lowest BCUT2D eigenvalue weighted by Crippen LogP contribution is -1.81. The van der Waals surface area contributed by atoms with Gasteiger partial charge in [0, 0.05) is 18.8 Å². The topological polar surface area (TPSA) is 4.93 Å². The van der Waals surface area contributed by atoms with Gasteiger partial charge >= 0.3 is 0 Å². The van der Waals surface area contributed by atoms with Crippen LogP contribution in [0.25, 0.3) is 11.1 Å². The van der Waals surface area contributed by atoms with E-state index in [0.29, 0.717) is 0 Å². The normalized spacial score (nSPS) is 10.3. The number of aromatic nitrogens is 1. The molecule has 0 atom stereocenters. The van der Waals surface area contributed by atoms with Crippen molar-refractivity contribution in [3.05, 3.63) is 47.7 Å². The van der Waals surface area contributed by atoms with Crippen molar-refractivity contribution in [3.63, 3.8) is 0 Å². The fraction of sp³-hybridized carbons (Fsp3) is 0.0909. The van der Waals surface area contributed by atoms with Crippen LogP contribution in [-0.4, -0.2) is 4.57 Å². The number of aryl methyl sites for hydroxylation is 1. The van der Waals surface area contributed by atoms with Crippen LogP contribution in [0.1, 0.15) is 0 Å². The van der Waals surface area contributed by atoms with E-state index in [1.165, 1.54) is 5.56 Å². The van der Waals surface area contributed by atoms with Gasteiger partial charge in [-0.3, -0.25) is 0 Å². The molecule has 13 heavy (non-hydrogen) atoms. The van der Waals surface area contributed by atoms with Gasteiger partial charge in [0.15, 0.2) is 0 Å². The van der Waals surface area contributed by atoms with Gasteiger partial charge in [0.1, 0.15) is 5.15 Å². The monoisotopic (exact) mass is 191 g/mol. The number of hydrogen-bond acceptors (Lipinski definition) is 0. The first-order valence-corrected chi connectivity index (χ1v) is 4.52. The van der Waals surface area contributed by atoms with Crippen LogP contribution < -0.4 is 0 Å². The van der Waals surface area contributed by atoms with E-state index in [1.807, 2.05) is 42.1 Å². The standard InChI is InChI=1S/C11H10ClN/c1-13-8-10(7-11(13)12)9-5-3-2-4-6-9/h2-8H,1H3. The molecule has 1 aromatic carbocycles. The summed E-state index contributed by atoms with van der Waals surface area (Å²) in [5, 5.41) is 0.763. The molecule has 2 aromatic rings. The molecule has 0 amide bonds. The summed E-state index contributed by atoms with van der Waals surface area (Å²) in [5.41, 5.74) is 2.36. The lowest BCUT2D eigenvalue weighted by Gasteiger charge is -1.94. The van der Waals surface area contributed by atoms with Gasteiger partial charge < -0.3 is 4.57 Å². The Hall–Kier alpha value is -1.21. The summed E-state index contributed by atoms with van der Waals surface area (Å²) in [6.45, 7) is 0. The Morgan fingerprint density at radius 1 is 1.08 bits per heavy atom. The fourth-order valence-electron chi connectivity index (χ4n) is 1.33. The van der Waals surface area contributed by atoms with Crippen molar-refractivity contribution in [1.82, 2.24) is 4.57 Å². The first-order valence-electron chi connectivity index (χ1n) is 4.14. The van der Waals surface area contributed by atoms with E-state index in [2.05, 4.69) is 12.1 Å². The molecule has 1 heterocycles. The Balaban J connectivity index is 2.48. The molecule has 0 aliphatic rings. The molecule has 66 valence electrons. The first-order chi connectivity index (χ1) is 6.27. The van der Waals surface area contributed by atoms with E-state index in [-0.39, 0.29) is 0 Å². The molecule has 0 spiro atoms. The molecule has 0 saturated carbocycles. The SMILES string of the molecule is Cn1cc(-c2ccccc2)cc1Cl. The third kappa shape index (κ3) is 1.61. The molecular formula is C11H10ClN. The predicted octanol–water partition coefficient (Wildman–Crippen LogP) is 3.35. The van der Waals surface area contributed by atoms with Crippen molar-refractivity contribution in [2.24, 2.45) is 7.05 Å². The van der Waals surface area contributed by atoms with Gasteiger partial charge in [-0.1, -0.05) is 41.9 Å². The van der Waals surface area contributed by atoms with Gasteiger partial charge in [-0.2, -0.15) is 0 Å². The third-order valence-corrected chi connectivity index (χ3v) is 2.43. The van der Waals surface area contributed by atoms with Crippen LogP contribution in [0, 0.1) is 0 Å². The van der Waals surface area contributed by atoms with Crippen LogP contribution in [0.15, 0.2) is 42.6 Å².